The van der Waals surface area contributed by atoms with Crippen molar-refractivity contribution in [3.05, 3.63) is 54.1 Å². The van der Waals surface area contributed by atoms with Crippen molar-refractivity contribution in [1.82, 2.24) is 19.3 Å². The van der Waals surface area contributed by atoms with E-state index < -0.39 is 33.9 Å². The van der Waals surface area contributed by atoms with E-state index in [4.69, 9.17) is 9.57 Å². The maximum atomic E-state index is 13.9. The van der Waals surface area contributed by atoms with E-state index in [2.05, 4.69) is 27.2 Å². The van der Waals surface area contributed by atoms with Crippen LogP contribution in [-0.2, 0) is 33.1 Å². The molecule has 0 spiro atoms. The first-order valence-corrected chi connectivity index (χ1v) is 15.8. The van der Waals surface area contributed by atoms with Gasteiger partial charge in [0.05, 0.1) is 0 Å². The first kappa shape index (κ1) is 30.5. The number of nitrogens with one attached hydrogen (secondary N) is 1. The van der Waals surface area contributed by atoms with Crippen LogP contribution in [0, 0.1) is 0 Å². The standard InChI is InChI=1S/C28H37AsN4O6S/c1-28(2,3)38-27(35)31-23(16-19-10-6-5-7-11-19)25(34)18-33(39-20-12-8-9-13-20)40(36,37)21-14-15-24-22(17-21)30-26(29)32(24)4/h5-7,10-11,14-15,17,20,23,25,34H,8-9,12-13,16,18H2,1-4H3,(H,31,35)/t23-,25-/m0/s1. The van der Waals surface area contributed by atoms with Crippen LogP contribution in [0.25, 0.3) is 11.0 Å². The fraction of sp³-hybridized carbons (Fsp3) is 0.500. The van der Waals surface area contributed by atoms with Gasteiger partial charge in [0, 0.05) is 0 Å². The molecule has 2 atom stereocenters. The summed E-state index contributed by atoms with van der Waals surface area (Å²) in [7, 11) is -2.33. The Hall–Kier alpha value is -2.43. The Morgan fingerprint density at radius 3 is 2.52 bits per heavy atom. The Bertz CT molecular complexity index is 1420. The van der Waals surface area contributed by atoms with Gasteiger partial charge in [-0.15, -0.1) is 0 Å². The van der Waals surface area contributed by atoms with Crippen molar-refractivity contribution in [2.24, 2.45) is 7.05 Å². The van der Waals surface area contributed by atoms with Gasteiger partial charge >= 0.3 is 179 Å². The molecule has 1 fully saturated rings. The van der Waals surface area contributed by atoms with E-state index >= 15 is 0 Å². The Kier molecular flexibility index (Phi) is 9.62. The first-order valence-electron chi connectivity index (χ1n) is 13.4. The summed E-state index contributed by atoms with van der Waals surface area (Å²) < 4.78 is 36.7. The third-order valence-corrected chi connectivity index (χ3v) is 9.22. The normalized spacial score (nSPS) is 16.4. The van der Waals surface area contributed by atoms with Crippen molar-refractivity contribution in [3.8, 4) is 0 Å². The third kappa shape index (κ3) is 7.64. The van der Waals surface area contributed by atoms with Crippen LogP contribution in [0.2, 0.25) is 0 Å². The average molecular weight is 633 g/mol. The Labute approximate surface area is 244 Å². The number of aliphatic hydroxyl groups is 1. The molecule has 2 radical (unpaired) electrons. The van der Waals surface area contributed by atoms with Crippen LogP contribution >= 0.6 is 0 Å². The number of alkyl carbamates (subject to hydrolysis) is 1. The molecule has 10 nitrogen and oxygen atoms in total. The van der Waals surface area contributed by atoms with Crippen molar-refractivity contribution < 1.29 is 27.9 Å². The molecular weight excluding hydrogens is 595 g/mol. The molecule has 0 bridgehead atoms. The number of aromatic nitrogens is 2. The number of hydrogen-bond donors (Lipinski definition) is 2. The quantitative estimate of drug-likeness (QED) is 0.260. The van der Waals surface area contributed by atoms with Gasteiger partial charge in [-0.2, -0.15) is 0 Å². The number of hydrogen-bond acceptors (Lipinski definition) is 7. The van der Waals surface area contributed by atoms with Crippen LogP contribution in [-0.4, -0.2) is 80.9 Å². The third-order valence-electron chi connectivity index (χ3n) is 6.76. The number of imidazole rings is 1. The molecule has 1 aromatic heterocycles. The molecule has 1 aliphatic rings. The van der Waals surface area contributed by atoms with Gasteiger partial charge in [-0.1, -0.05) is 30.3 Å². The summed E-state index contributed by atoms with van der Waals surface area (Å²) in [5, 5.41) is 14.2. The molecule has 2 aromatic carbocycles. The predicted molar refractivity (Wildman–Crippen MR) is 153 cm³/mol. The number of benzene rings is 2. The van der Waals surface area contributed by atoms with Crippen molar-refractivity contribution in [2.75, 3.05) is 6.54 Å². The predicted octanol–water partition coefficient (Wildman–Crippen LogP) is 2.73. The zero-order valence-electron chi connectivity index (χ0n) is 23.3. The zero-order valence-corrected chi connectivity index (χ0v) is 26.0. The summed E-state index contributed by atoms with van der Waals surface area (Å²) in [4.78, 5) is 23.2. The Morgan fingerprint density at radius 1 is 1.20 bits per heavy atom. The summed E-state index contributed by atoms with van der Waals surface area (Å²) in [6.45, 7) is 4.86. The molecule has 0 saturated heterocycles. The monoisotopic (exact) mass is 632 g/mol. The summed E-state index contributed by atoms with van der Waals surface area (Å²) in [6.07, 6.45) is 1.30. The molecule has 4 rings (SSSR count). The van der Waals surface area contributed by atoms with E-state index in [1.807, 2.05) is 41.9 Å². The number of carbonyl (C=O) groups excluding carboxylic acids is 1. The van der Waals surface area contributed by atoms with Gasteiger partial charge in [0.1, 0.15) is 5.60 Å². The zero-order chi connectivity index (χ0) is 29.1. The number of sulfonamides is 1. The molecule has 1 saturated carbocycles. The van der Waals surface area contributed by atoms with Crippen LogP contribution in [0.3, 0.4) is 0 Å². The molecule has 40 heavy (non-hydrogen) atoms. The van der Waals surface area contributed by atoms with E-state index in [0.717, 1.165) is 41.2 Å². The first-order chi connectivity index (χ1) is 18.8. The minimum absolute atomic E-state index is 0.00973. The molecule has 216 valence electrons. The van der Waals surface area contributed by atoms with Gasteiger partial charge < -0.3 is 4.74 Å². The van der Waals surface area contributed by atoms with Crippen LogP contribution in [0.15, 0.2) is 53.4 Å². The van der Waals surface area contributed by atoms with Gasteiger partial charge in [0.15, 0.2) is 0 Å². The van der Waals surface area contributed by atoms with Crippen molar-refractivity contribution in [1.29, 1.82) is 0 Å². The van der Waals surface area contributed by atoms with Gasteiger partial charge in [-0.3, -0.25) is 0 Å². The topological polar surface area (TPSA) is 123 Å². The molecule has 1 aliphatic carbocycles. The number of aliphatic hydroxyl groups excluding tert-OH is 1. The summed E-state index contributed by atoms with van der Waals surface area (Å²) >= 11 is 2.36. The molecule has 0 unspecified atom stereocenters. The number of hydroxylamine groups is 1. The molecule has 12 heteroatoms. The number of aryl methyl sites for hydroxylation is 1. The average Bonchev–Trinajstić information content (AvgIpc) is 3.49. The summed E-state index contributed by atoms with van der Waals surface area (Å²) in [6, 6.07) is 13.2. The van der Waals surface area contributed by atoms with E-state index in [-0.39, 0.29) is 24.0 Å². The van der Waals surface area contributed by atoms with Crippen LogP contribution in [0.4, 0.5) is 4.79 Å². The number of fused-ring (bicyclic) bond motifs is 1. The fourth-order valence-corrected chi connectivity index (χ4v) is 6.46. The van der Waals surface area contributed by atoms with Crippen LogP contribution < -0.4 is 9.93 Å². The molecule has 0 aliphatic heterocycles. The van der Waals surface area contributed by atoms with Gasteiger partial charge in [-0.25, -0.2) is 4.79 Å². The van der Waals surface area contributed by atoms with E-state index in [0.29, 0.717) is 10.1 Å². The molecule has 2 N–H and O–H groups in total. The number of amides is 1. The van der Waals surface area contributed by atoms with Crippen LogP contribution in [0.5, 0.6) is 0 Å². The van der Waals surface area contributed by atoms with Crippen molar-refractivity contribution in [3.63, 3.8) is 0 Å². The number of ether oxygens (including phenoxy) is 1. The molecular formula is C28H37AsN4O6S. The van der Waals surface area contributed by atoms with Crippen molar-refractivity contribution >= 4 is 48.6 Å². The number of rotatable bonds is 10. The number of carbonyl (C=O) groups is 1. The summed E-state index contributed by atoms with van der Waals surface area (Å²) in [5.74, 6) is 0. The van der Waals surface area contributed by atoms with Crippen molar-refractivity contribution in [2.45, 2.75) is 81.6 Å². The fourth-order valence-electron chi connectivity index (χ4n) is 4.69. The van der Waals surface area contributed by atoms with Gasteiger partial charge in [-0.05, 0) is 20.8 Å². The molecule has 1 amide bonds. The second-order valence-corrected chi connectivity index (χ2v) is 13.8. The molecule has 1 heterocycles. The Morgan fingerprint density at radius 2 is 1.88 bits per heavy atom. The van der Waals surface area contributed by atoms with Crippen LogP contribution in [0.1, 0.15) is 52.0 Å². The van der Waals surface area contributed by atoms with E-state index in [1.54, 1.807) is 26.8 Å². The Balaban J connectivity index is 1.63. The minimum atomic E-state index is -4.19. The SMILES string of the molecule is Cn1c([As])nc2cc(S(=O)(=O)N(C[C@H](O)[C@H](Cc3ccccc3)NC(=O)OC(C)(C)C)OC3CCCC3)ccc21. The molecule has 3 aromatic rings. The number of nitrogens with zero attached hydrogens (tertiary/aromatic N) is 3. The second kappa shape index (κ2) is 12.6. The van der Waals surface area contributed by atoms with E-state index in [1.165, 1.54) is 12.1 Å². The van der Waals surface area contributed by atoms with E-state index in [9.17, 15) is 18.3 Å². The van der Waals surface area contributed by atoms with Gasteiger partial charge in [0.2, 0.25) is 0 Å². The maximum absolute atomic E-state index is 13.9. The second-order valence-electron chi connectivity index (χ2n) is 11.1. The summed E-state index contributed by atoms with van der Waals surface area (Å²) in [5.41, 5.74) is 1.45. The van der Waals surface area contributed by atoms with Gasteiger partial charge in [0.25, 0.3) is 0 Å².